The maximum atomic E-state index is 13.5. The number of halogens is 3. The summed E-state index contributed by atoms with van der Waals surface area (Å²) in [5.41, 5.74) is 1.52. The van der Waals surface area contributed by atoms with Gasteiger partial charge in [0.05, 0.1) is 12.6 Å². The number of nitrogens with zero attached hydrogens (tertiary/aromatic N) is 1. The summed E-state index contributed by atoms with van der Waals surface area (Å²) < 4.78 is 26.5. The van der Waals surface area contributed by atoms with Crippen LogP contribution >= 0.6 is 24.0 Å². The third-order valence-corrected chi connectivity index (χ3v) is 4.89. The fourth-order valence-electron chi connectivity index (χ4n) is 3.08. The lowest BCUT2D eigenvalue weighted by Crippen LogP contribution is -2.40. The van der Waals surface area contributed by atoms with E-state index >= 15 is 0 Å². The molecule has 1 atom stereocenters. The minimum Gasteiger partial charge on any atom is -0.387 e. The molecule has 3 N–H and O–H groups in total. The van der Waals surface area contributed by atoms with Crippen LogP contribution in [0.1, 0.15) is 37.0 Å². The van der Waals surface area contributed by atoms with Gasteiger partial charge in [-0.05, 0) is 55.2 Å². The number of hydrogen-bond acceptors (Lipinski definition) is 2. The van der Waals surface area contributed by atoms with Gasteiger partial charge in [0.2, 0.25) is 0 Å². The van der Waals surface area contributed by atoms with Crippen LogP contribution in [0, 0.1) is 11.6 Å². The van der Waals surface area contributed by atoms with Crippen molar-refractivity contribution in [1.29, 1.82) is 0 Å². The molecule has 3 rings (SSSR count). The summed E-state index contributed by atoms with van der Waals surface area (Å²) in [6.45, 7) is 3.46. The summed E-state index contributed by atoms with van der Waals surface area (Å²) in [4.78, 5) is 4.63. The topological polar surface area (TPSA) is 56.7 Å². The third kappa shape index (κ3) is 5.88. The molecular weight excluding hydrogens is 475 g/mol. The van der Waals surface area contributed by atoms with Crippen molar-refractivity contribution in [2.24, 2.45) is 4.99 Å². The summed E-state index contributed by atoms with van der Waals surface area (Å²) in [6.07, 6.45) is 1.20. The molecular formula is C21H26F2IN3O. The molecule has 0 heterocycles. The Kier molecular flexibility index (Phi) is 8.18. The first-order valence-electron chi connectivity index (χ1n) is 9.24. The smallest absolute Gasteiger partial charge is 0.191 e. The molecule has 1 unspecified atom stereocenters. The lowest BCUT2D eigenvalue weighted by atomic mass is 9.96. The molecule has 4 nitrogen and oxygen atoms in total. The highest BCUT2D eigenvalue weighted by Crippen LogP contribution is 2.48. The van der Waals surface area contributed by atoms with Crippen LogP contribution in [0.2, 0.25) is 0 Å². The molecule has 1 fully saturated rings. The quantitative estimate of drug-likeness (QED) is 0.307. The normalized spacial score (nSPS) is 16.1. The van der Waals surface area contributed by atoms with Crippen LogP contribution in [0.15, 0.2) is 53.5 Å². The van der Waals surface area contributed by atoms with Gasteiger partial charge in [-0.2, -0.15) is 0 Å². The van der Waals surface area contributed by atoms with E-state index in [9.17, 15) is 13.9 Å². The van der Waals surface area contributed by atoms with Crippen LogP contribution in [0.5, 0.6) is 0 Å². The van der Waals surface area contributed by atoms with E-state index < -0.39 is 6.10 Å². The number of aliphatic hydroxyl groups excluding tert-OH is 1. The van der Waals surface area contributed by atoms with E-state index in [0.717, 1.165) is 18.4 Å². The highest BCUT2D eigenvalue weighted by Gasteiger charge is 2.44. The van der Waals surface area contributed by atoms with Crippen LogP contribution in [0.4, 0.5) is 8.78 Å². The predicted molar refractivity (Wildman–Crippen MR) is 118 cm³/mol. The lowest BCUT2D eigenvalue weighted by molar-refractivity contribution is 0.180. The van der Waals surface area contributed by atoms with Crippen molar-refractivity contribution in [3.63, 3.8) is 0 Å². The molecule has 0 amide bonds. The summed E-state index contributed by atoms with van der Waals surface area (Å²) in [5, 5.41) is 16.5. The van der Waals surface area contributed by atoms with Gasteiger partial charge in [-0.1, -0.05) is 24.3 Å². The number of aliphatic imine (C=N–C) groups is 1. The Balaban J connectivity index is 0.00000280. The number of benzene rings is 2. The highest BCUT2D eigenvalue weighted by atomic mass is 127. The number of hydrogen-bond donors (Lipinski definition) is 3. The number of guanidine groups is 1. The Labute approximate surface area is 181 Å². The van der Waals surface area contributed by atoms with Crippen molar-refractivity contribution in [3.8, 4) is 0 Å². The van der Waals surface area contributed by atoms with Gasteiger partial charge in [-0.25, -0.2) is 8.78 Å². The molecule has 0 aliphatic heterocycles. The van der Waals surface area contributed by atoms with Gasteiger partial charge in [0.1, 0.15) is 11.6 Å². The standard InChI is InChI=1S/C21H25F2N3O.HI/c1-2-24-20(25-13-19(27)15-6-8-17(22)9-7-15)26-14-21(10-11-21)16-4-3-5-18(23)12-16;/h3-9,12,19,27H,2,10-11,13-14H2,1H3,(H2,24,25,26);1H. The minimum absolute atomic E-state index is 0. The molecule has 0 aromatic heterocycles. The van der Waals surface area contributed by atoms with Crippen LogP contribution in [0.25, 0.3) is 0 Å². The zero-order valence-electron chi connectivity index (χ0n) is 15.8. The summed E-state index contributed by atoms with van der Waals surface area (Å²) in [5.74, 6) is 0.0393. The van der Waals surface area contributed by atoms with E-state index in [4.69, 9.17) is 0 Å². The molecule has 1 saturated carbocycles. The van der Waals surface area contributed by atoms with Crippen molar-refractivity contribution in [2.45, 2.75) is 31.3 Å². The molecule has 28 heavy (non-hydrogen) atoms. The van der Waals surface area contributed by atoms with E-state index in [-0.39, 0.29) is 47.6 Å². The van der Waals surface area contributed by atoms with E-state index in [0.29, 0.717) is 24.6 Å². The van der Waals surface area contributed by atoms with Gasteiger partial charge in [0.25, 0.3) is 0 Å². The van der Waals surface area contributed by atoms with E-state index in [1.54, 1.807) is 24.3 Å². The average molecular weight is 501 g/mol. The zero-order chi connectivity index (χ0) is 19.3. The molecule has 2 aromatic carbocycles. The van der Waals surface area contributed by atoms with E-state index in [1.807, 2.05) is 13.0 Å². The molecule has 152 valence electrons. The molecule has 0 radical (unpaired) electrons. The summed E-state index contributed by atoms with van der Waals surface area (Å²) in [7, 11) is 0. The van der Waals surface area contributed by atoms with Crippen molar-refractivity contribution in [3.05, 3.63) is 71.3 Å². The molecule has 0 saturated heterocycles. The summed E-state index contributed by atoms with van der Waals surface area (Å²) >= 11 is 0. The maximum Gasteiger partial charge on any atom is 0.191 e. The molecule has 1 aliphatic rings. The van der Waals surface area contributed by atoms with Crippen molar-refractivity contribution < 1.29 is 13.9 Å². The average Bonchev–Trinajstić information content (AvgIpc) is 3.45. The maximum absolute atomic E-state index is 13.5. The van der Waals surface area contributed by atoms with Gasteiger partial charge in [0, 0.05) is 18.5 Å². The van der Waals surface area contributed by atoms with Crippen LogP contribution in [-0.2, 0) is 5.41 Å². The molecule has 2 aromatic rings. The van der Waals surface area contributed by atoms with Gasteiger partial charge in [-0.15, -0.1) is 24.0 Å². The first-order chi connectivity index (χ1) is 13.0. The Bertz CT molecular complexity index is 794. The van der Waals surface area contributed by atoms with E-state index in [2.05, 4.69) is 15.6 Å². The largest absolute Gasteiger partial charge is 0.387 e. The Morgan fingerprint density at radius 2 is 1.82 bits per heavy atom. The fraction of sp³-hybridized carbons (Fsp3) is 0.381. The van der Waals surface area contributed by atoms with Crippen molar-refractivity contribution in [2.75, 3.05) is 19.6 Å². The van der Waals surface area contributed by atoms with Crippen LogP contribution in [-0.4, -0.2) is 30.7 Å². The monoisotopic (exact) mass is 501 g/mol. The van der Waals surface area contributed by atoms with Gasteiger partial charge in [0.15, 0.2) is 5.96 Å². The Morgan fingerprint density at radius 3 is 2.43 bits per heavy atom. The second kappa shape index (κ2) is 10.2. The molecule has 1 aliphatic carbocycles. The SMILES string of the molecule is CCNC(=NCC1(c2cccc(F)c2)CC1)NCC(O)c1ccc(F)cc1.I. The van der Waals surface area contributed by atoms with Crippen LogP contribution < -0.4 is 10.6 Å². The number of nitrogens with one attached hydrogen (secondary N) is 2. The number of rotatable bonds is 7. The molecule has 7 heteroatoms. The Morgan fingerprint density at radius 1 is 1.11 bits per heavy atom. The van der Waals surface area contributed by atoms with Gasteiger partial charge >= 0.3 is 0 Å². The third-order valence-electron chi connectivity index (χ3n) is 4.89. The highest BCUT2D eigenvalue weighted by molar-refractivity contribution is 14.0. The lowest BCUT2D eigenvalue weighted by Gasteiger charge is -2.18. The predicted octanol–water partition coefficient (Wildman–Crippen LogP) is 3.90. The van der Waals surface area contributed by atoms with Gasteiger partial charge < -0.3 is 15.7 Å². The van der Waals surface area contributed by atoms with Crippen molar-refractivity contribution in [1.82, 2.24) is 10.6 Å². The first-order valence-corrected chi connectivity index (χ1v) is 9.24. The number of aliphatic hydroxyl groups is 1. The van der Waals surface area contributed by atoms with Crippen LogP contribution in [0.3, 0.4) is 0 Å². The van der Waals surface area contributed by atoms with Gasteiger partial charge in [-0.3, -0.25) is 4.99 Å². The zero-order valence-corrected chi connectivity index (χ0v) is 18.1. The summed E-state index contributed by atoms with van der Waals surface area (Å²) in [6, 6.07) is 12.5. The molecule has 0 spiro atoms. The van der Waals surface area contributed by atoms with E-state index in [1.165, 1.54) is 18.2 Å². The second-order valence-electron chi connectivity index (χ2n) is 6.93. The molecule has 0 bridgehead atoms. The first kappa shape index (κ1) is 22.5. The van der Waals surface area contributed by atoms with Crippen molar-refractivity contribution >= 4 is 29.9 Å². The Hall–Kier alpha value is -1.74. The second-order valence-corrected chi connectivity index (χ2v) is 6.93. The fourth-order valence-corrected chi connectivity index (χ4v) is 3.08. The minimum atomic E-state index is -0.771.